The third-order valence-electron chi connectivity index (χ3n) is 2.08. The molecular formula is C9H18N4. The molecule has 1 atom stereocenters. The molecule has 0 saturated heterocycles. The average Bonchev–Trinajstić information content (AvgIpc) is 2.41. The van der Waals surface area contributed by atoms with Crippen molar-refractivity contribution in [1.29, 1.82) is 0 Å². The molecule has 1 aromatic heterocycles. The summed E-state index contributed by atoms with van der Waals surface area (Å²) >= 11 is 0. The van der Waals surface area contributed by atoms with Crippen LogP contribution < -0.4 is 11.1 Å². The molecule has 13 heavy (non-hydrogen) atoms. The van der Waals surface area contributed by atoms with E-state index in [9.17, 15) is 0 Å². The predicted molar refractivity (Wildman–Crippen MR) is 53.3 cm³/mol. The van der Waals surface area contributed by atoms with E-state index in [2.05, 4.69) is 23.4 Å². The van der Waals surface area contributed by atoms with Crippen molar-refractivity contribution in [2.45, 2.75) is 26.4 Å². The average molecular weight is 182 g/mol. The standard InChI is InChI=1S/C9H18N4/c1-7-4-9(13(3)12-7)6-11-8(2)5-10/h4,8,11H,5-6,10H2,1-3H3. The van der Waals surface area contributed by atoms with E-state index >= 15 is 0 Å². The molecule has 0 aliphatic rings. The van der Waals surface area contributed by atoms with Crippen LogP contribution in [0.25, 0.3) is 0 Å². The number of rotatable bonds is 4. The molecule has 0 amide bonds. The predicted octanol–water partition coefficient (Wildman–Crippen LogP) is 0.165. The van der Waals surface area contributed by atoms with E-state index in [1.165, 1.54) is 5.69 Å². The Morgan fingerprint density at radius 1 is 1.69 bits per heavy atom. The van der Waals surface area contributed by atoms with Crippen LogP contribution in [0.1, 0.15) is 18.3 Å². The van der Waals surface area contributed by atoms with E-state index in [1.807, 2.05) is 18.7 Å². The van der Waals surface area contributed by atoms with Gasteiger partial charge in [0.2, 0.25) is 0 Å². The van der Waals surface area contributed by atoms with Crippen LogP contribution in [0.4, 0.5) is 0 Å². The first kappa shape index (κ1) is 10.2. The van der Waals surface area contributed by atoms with Gasteiger partial charge in [-0.3, -0.25) is 4.68 Å². The lowest BCUT2D eigenvalue weighted by atomic mass is 10.3. The van der Waals surface area contributed by atoms with Crippen molar-refractivity contribution in [1.82, 2.24) is 15.1 Å². The van der Waals surface area contributed by atoms with E-state index in [4.69, 9.17) is 5.73 Å². The number of aromatic nitrogens is 2. The smallest absolute Gasteiger partial charge is 0.0597 e. The number of nitrogens with one attached hydrogen (secondary N) is 1. The maximum Gasteiger partial charge on any atom is 0.0597 e. The highest BCUT2D eigenvalue weighted by atomic mass is 15.3. The van der Waals surface area contributed by atoms with Gasteiger partial charge in [0.15, 0.2) is 0 Å². The second-order valence-electron chi connectivity index (χ2n) is 3.42. The number of nitrogens with two attached hydrogens (primary N) is 1. The monoisotopic (exact) mass is 182 g/mol. The molecule has 0 fully saturated rings. The van der Waals surface area contributed by atoms with Crippen molar-refractivity contribution in [3.8, 4) is 0 Å². The fourth-order valence-electron chi connectivity index (χ4n) is 1.19. The third-order valence-corrected chi connectivity index (χ3v) is 2.08. The Balaban J connectivity index is 2.49. The van der Waals surface area contributed by atoms with Gasteiger partial charge in [-0.1, -0.05) is 0 Å². The minimum Gasteiger partial charge on any atom is -0.329 e. The second kappa shape index (κ2) is 4.39. The number of hydrogen-bond acceptors (Lipinski definition) is 3. The summed E-state index contributed by atoms with van der Waals surface area (Å²) in [5.41, 5.74) is 7.74. The summed E-state index contributed by atoms with van der Waals surface area (Å²) in [6, 6.07) is 2.44. The van der Waals surface area contributed by atoms with Crippen molar-refractivity contribution >= 4 is 0 Å². The molecule has 1 heterocycles. The quantitative estimate of drug-likeness (QED) is 0.697. The Hall–Kier alpha value is -0.870. The zero-order valence-corrected chi connectivity index (χ0v) is 8.54. The summed E-state index contributed by atoms with van der Waals surface area (Å²) in [5, 5.41) is 7.58. The Bertz CT molecular complexity index is 267. The summed E-state index contributed by atoms with van der Waals surface area (Å²) in [6.45, 7) is 5.56. The van der Waals surface area contributed by atoms with Gasteiger partial charge in [0.25, 0.3) is 0 Å². The van der Waals surface area contributed by atoms with Crippen molar-refractivity contribution in [3.05, 3.63) is 17.5 Å². The highest BCUT2D eigenvalue weighted by Gasteiger charge is 2.03. The summed E-state index contributed by atoms with van der Waals surface area (Å²) in [5.74, 6) is 0. The maximum absolute atomic E-state index is 5.49. The van der Waals surface area contributed by atoms with Crippen LogP contribution >= 0.6 is 0 Å². The fourth-order valence-corrected chi connectivity index (χ4v) is 1.19. The molecule has 4 heteroatoms. The molecule has 1 aromatic rings. The SMILES string of the molecule is Cc1cc(CNC(C)CN)n(C)n1. The van der Waals surface area contributed by atoms with E-state index in [0.29, 0.717) is 12.6 Å². The van der Waals surface area contributed by atoms with Crippen molar-refractivity contribution < 1.29 is 0 Å². The highest BCUT2D eigenvalue weighted by molar-refractivity contribution is 5.08. The zero-order chi connectivity index (χ0) is 9.84. The number of nitrogens with zero attached hydrogens (tertiary/aromatic N) is 2. The van der Waals surface area contributed by atoms with Crippen LogP contribution in [-0.4, -0.2) is 22.4 Å². The molecular weight excluding hydrogens is 164 g/mol. The van der Waals surface area contributed by atoms with Gasteiger partial charge in [-0.15, -0.1) is 0 Å². The van der Waals surface area contributed by atoms with Gasteiger partial charge in [0.05, 0.1) is 11.4 Å². The lowest BCUT2D eigenvalue weighted by molar-refractivity contribution is 0.535. The number of hydrogen-bond donors (Lipinski definition) is 2. The molecule has 0 aliphatic carbocycles. The third kappa shape index (κ3) is 2.82. The summed E-state index contributed by atoms with van der Waals surface area (Å²) in [6.07, 6.45) is 0. The first-order chi connectivity index (χ1) is 6.13. The van der Waals surface area contributed by atoms with Crippen LogP contribution in [0.3, 0.4) is 0 Å². The Labute approximate surface area is 79.1 Å². The molecule has 74 valence electrons. The number of aryl methyl sites for hydroxylation is 2. The molecule has 0 radical (unpaired) electrons. The minimum absolute atomic E-state index is 0.357. The summed E-state index contributed by atoms with van der Waals surface area (Å²) < 4.78 is 1.89. The van der Waals surface area contributed by atoms with Crippen molar-refractivity contribution in [2.75, 3.05) is 6.54 Å². The molecule has 0 saturated carbocycles. The Morgan fingerprint density at radius 2 is 2.38 bits per heavy atom. The van der Waals surface area contributed by atoms with Gasteiger partial charge in [-0.25, -0.2) is 0 Å². The lowest BCUT2D eigenvalue weighted by Gasteiger charge is -2.10. The van der Waals surface area contributed by atoms with Crippen LogP contribution in [0.2, 0.25) is 0 Å². The summed E-state index contributed by atoms with van der Waals surface area (Å²) in [4.78, 5) is 0. The second-order valence-corrected chi connectivity index (χ2v) is 3.42. The first-order valence-corrected chi connectivity index (χ1v) is 4.56. The van der Waals surface area contributed by atoms with Crippen molar-refractivity contribution in [2.24, 2.45) is 12.8 Å². The van der Waals surface area contributed by atoms with Gasteiger partial charge in [0, 0.05) is 26.2 Å². The lowest BCUT2D eigenvalue weighted by Crippen LogP contribution is -2.33. The van der Waals surface area contributed by atoms with E-state index in [0.717, 1.165) is 12.2 Å². The largest absolute Gasteiger partial charge is 0.329 e. The Kier molecular flexibility index (Phi) is 3.45. The molecule has 0 aliphatic heterocycles. The van der Waals surface area contributed by atoms with E-state index in [-0.39, 0.29) is 0 Å². The van der Waals surface area contributed by atoms with Crippen LogP contribution in [0.5, 0.6) is 0 Å². The molecule has 4 nitrogen and oxygen atoms in total. The van der Waals surface area contributed by atoms with E-state index in [1.54, 1.807) is 0 Å². The zero-order valence-electron chi connectivity index (χ0n) is 8.54. The van der Waals surface area contributed by atoms with Crippen LogP contribution in [-0.2, 0) is 13.6 Å². The van der Waals surface area contributed by atoms with Gasteiger partial charge in [-0.2, -0.15) is 5.10 Å². The molecule has 1 rings (SSSR count). The fraction of sp³-hybridized carbons (Fsp3) is 0.667. The van der Waals surface area contributed by atoms with Gasteiger partial charge in [0.1, 0.15) is 0 Å². The molecule has 0 spiro atoms. The molecule has 0 bridgehead atoms. The maximum atomic E-state index is 5.49. The minimum atomic E-state index is 0.357. The Morgan fingerprint density at radius 3 is 2.85 bits per heavy atom. The normalized spacial score (nSPS) is 13.2. The molecule has 1 unspecified atom stereocenters. The highest BCUT2D eigenvalue weighted by Crippen LogP contribution is 2.01. The van der Waals surface area contributed by atoms with Gasteiger partial charge >= 0.3 is 0 Å². The van der Waals surface area contributed by atoms with Gasteiger partial charge in [-0.05, 0) is 19.9 Å². The van der Waals surface area contributed by atoms with Crippen LogP contribution in [0, 0.1) is 6.92 Å². The van der Waals surface area contributed by atoms with Crippen LogP contribution in [0.15, 0.2) is 6.07 Å². The van der Waals surface area contributed by atoms with Crippen molar-refractivity contribution in [3.63, 3.8) is 0 Å². The molecule has 0 aromatic carbocycles. The van der Waals surface area contributed by atoms with E-state index < -0.39 is 0 Å². The van der Waals surface area contributed by atoms with Gasteiger partial charge < -0.3 is 11.1 Å². The summed E-state index contributed by atoms with van der Waals surface area (Å²) in [7, 11) is 1.96. The molecule has 3 N–H and O–H groups in total. The topological polar surface area (TPSA) is 55.9 Å². The first-order valence-electron chi connectivity index (χ1n) is 4.56.